The maximum Gasteiger partial charge on any atom is 0.416 e. The second kappa shape index (κ2) is 5.28. The number of ketones is 1. The van der Waals surface area contributed by atoms with Crippen LogP contribution in [0.15, 0.2) is 36.7 Å². The van der Waals surface area contributed by atoms with Crippen LogP contribution in [0.25, 0.3) is 0 Å². The highest BCUT2D eigenvalue weighted by Crippen LogP contribution is 2.30. The minimum absolute atomic E-state index is 0.0325. The van der Waals surface area contributed by atoms with Crippen LogP contribution in [-0.4, -0.2) is 22.9 Å². The summed E-state index contributed by atoms with van der Waals surface area (Å²) in [6, 6.07) is 4.12. The fourth-order valence-electron chi connectivity index (χ4n) is 1.60. The number of aromatic nitrogens is 2. The molecule has 1 aromatic heterocycles. The molecule has 0 N–H and O–H groups in total. The van der Waals surface area contributed by atoms with Gasteiger partial charge < -0.3 is 4.74 Å². The first-order chi connectivity index (χ1) is 9.43. The van der Waals surface area contributed by atoms with Gasteiger partial charge in [-0.15, -0.1) is 0 Å². The number of ether oxygens (including phenoxy) is 1. The molecule has 1 heterocycles. The molecule has 0 bridgehead atoms. The molecular weight excluding hydrogens is 273 g/mol. The van der Waals surface area contributed by atoms with E-state index in [2.05, 4.69) is 9.97 Å². The summed E-state index contributed by atoms with van der Waals surface area (Å²) in [5.74, 6) is -0.712. The van der Waals surface area contributed by atoms with E-state index in [1.165, 1.54) is 31.6 Å². The van der Waals surface area contributed by atoms with E-state index in [0.717, 1.165) is 12.1 Å². The number of carbonyl (C=O) groups excluding carboxylic acids is 1. The zero-order valence-electron chi connectivity index (χ0n) is 10.3. The summed E-state index contributed by atoms with van der Waals surface area (Å²) < 4.78 is 42.7. The fourth-order valence-corrected chi connectivity index (χ4v) is 1.60. The zero-order valence-corrected chi connectivity index (χ0v) is 10.3. The SMILES string of the molecule is COc1nccnc1C(=O)c1cccc(C(F)(F)F)c1. The summed E-state index contributed by atoms with van der Waals surface area (Å²) >= 11 is 0. The molecule has 0 aliphatic carbocycles. The van der Waals surface area contributed by atoms with Crippen molar-refractivity contribution in [1.29, 1.82) is 0 Å². The third-order valence-electron chi connectivity index (χ3n) is 2.53. The van der Waals surface area contributed by atoms with Gasteiger partial charge >= 0.3 is 6.18 Å². The van der Waals surface area contributed by atoms with Gasteiger partial charge in [-0.2, -0.15) is 13.2 Å². The Morgan fingerprint density at radius 2 is 1.90 bits per heavy atom. The van der Waals surface area contributed by atoms with Gasteiger partial charge in [0.05, 0.1) is 12.7 Å². The number of carbonyl (C=O) groups is 1. The van der Waals surface area contributed by atoms with E-state index in [-0.39, 0.29) is 17.1 Å². The standard InChI is InChI=1S/C13H9F3N2O2/c1-20-12-10(17-5-6-18-12)11(19)8-3-2-4-9(7-8)13(14,15)16/h2-7H,1H3. The number of halogens is 3. The van der Waals surface area contributed by atoms with Crippen molar-refractivity contribution in [3.05, 3.63) is 53.5 Å². The molecule has 0 atom stereocenters. The Labute approximate surface area is 112 Å². The summed E-state index contributed by atoms with van der Waals surface area (Å²) in [5, 5.41) is 0. The smallest absolute Gasteiger partial charge is 0.416 e. The van der Waals surface area contributed by atoms with Gasteiger partial charge in [0, 0.05) is 18.0 Å². The molecule has 0 aliphatic rings. The topological polar surface area (TPSA) is 52.1 Å². The first-order valence-corrected chi connectivity index (χ1v) is 5.50. The van der Waals surface area contributed by atoms with Gasteiger partial charge in [-0.25, -0.2) is 9.97 Å². The van der Waals surface area contributed by atoms with Crippen molar-refractivity contribution in [1.82, 2.24) is 9.97 Å². The zero-order chi connectivity index (χ0) is 14.8. The highest BCUT2D eigenvalue weighted by atomic mass is 19.4. The Hall–Kier alpha value is -2.44. The van der Waals surface area contributed by atoms with Gasteiger partial charge in [0.1, 0.15) is 0 Å². The monoisotopic (exact) mass is 282 g/mol. The normalized spacial score (nSPS) is 11.2. The summed E-state index contributed by atoms with van der Waals surface area (Å²) in [7, 11) is 1.30. The maximum atomic E-state index is 12.6. The highest BCUT2D eigenvalue weighted by molar-refractivity contribution is 6.09. The molecule has 20 heavy (non-hydrogen) atoms. The minimum Gasteiger partial charge on any atom is -0.479 e. The van der Waals surface area contributed by atoms with Gasteiger partial charge in [0.15, 0.2) is 5.69 Å². The van der Waals surface area contributed by atoms with Gasteiger partial charge in [-0.3, -0.25) is 4.79 Å². The van der Waals surface area contributed by atoms with Crippen molar-refractivity contribution < 1.29 is 22.7 Å². The molecule has 0 aliphatic heterocycles. The van der Waals surface area contributed by atoms with E-state index in [1.54, 1.807) is 0 Å². The molecule has 7 heteroatoms. The molecule has 2 rings (SSSR count). The number of hydrogen-bond acceptors (Lipinski definition) is 4. The highest BCUT2D eigenvalue weighted by Gasteiger charge is 2.31. The molecule has 0 spiro atoms. The molecule has 0 unspecified atom stereocenters. The van der Waals surface area contributed by atoms with Gasteiger partial charge in [0.25, 0.3) is 0 Å². The number of alkyl halides is 3. The summed E-state index contributed by atoms with van der Waals surface area (Å²) in [6.45, 7) is 0. The lowest BCUT2D eigenvalue weighted by molar-refractivity contribution is -0.137. The molecule has 4 nitrogen and oxygen atoms in total. The quantitative estimate of drug-likeness (QED) is 0.812. The number of methoxy groups -OCH3 is 1. The largest absolute Gasteiger partial charge is 0.479 e. The van der Waals surface area contributed by atoms with Crippen LogP contribution in [0.3, 0.4) is 0 Å². The molecular formula is C13H9F3N2O2. The second-order valence-electron chi connectivity index (χ2n) is 3.82. The lowest BCUT2D eigenvalue weighted by Gasteiger charge is -2.09. The molecule has 0 saturated heterocycles. The average molecular weight is 282 g/mol. The molecule has 2 aromatic rings. The van der Waals surface area contributed by atoms with Crippen molar-refractivity contribution in [2.75, 3.05) is 7.11 Å². The third-order valence-corrected chi connectivity index (χ3v) is 2.53. The van der Waals surface area contributed by atoms with Crippen LogP contribution in [0.2, 0.25) is 0 Å². The van der Waals surface area contributed by atoms with Gasteiger partial charge in [-0.1, -0.05) is 12.1 Å². The van der Waals surface area contributed by atoms with Gasteiger partial charge in [-0.05, 0) is 12.1 Å². The Balaban J connectivity index is 2.44. The number of nitrogens with zero attached hydrogens (tertiary/aromatic N) is 2. The van der Waals surface area contributed by atoms with E-state index in [1.807, 2.05) is 0 Å². The lowest BCUT2D eigenvalue weighted by Crippen LogP contribution is -2.10. The van der Waals surface area contributed by atoms with Gasteiger partial charge in [0.2, 0.25) is 11.7 Å². The Morgan fingerprint density at radius 3 is 2.55 bits per heavy atom. The predicted octanol–water partition coefficient (Wildman–Crippen LogP) is 2.74. The molecule has 0 saturated carbocycles. The Kier molecular flexibility index (Phi) is 3.69. The third kappa shape index (κ3) is 2.76. The summed E-state index contributed by atoms with van der Waals surface area (Å²) in [6.07, 6.45) is -1.92. The van der Waals surface area contributed by atoms with Crippen LogP contribution >= 0.6 is 0 Å². The predicted molar refractivity (Wildman–Crippen MR) is 63.5 cm³/mol. The van der Waals surface area contributed by atoms with Crippen LogP contribution in [0.1, 0.15) is 21.6 Å². The molecule has 0 fully saturated rings. The van der Waals surface area contributed by atoms with E-state index in [9.17, 15) is 18.0 Å². The van der Waals surface area contributed by atoms with Crippen LogP contribution in [0, 0.1) is 0 Å². The van der Waals surface area contributed by atoms with Crippen molar-refractivity contribution in [2.45, 2.75) is 6.18 Å². The lowest BCUT2D eigenvalue weighted by atomic mass is 10.0. The van der Waals surface area contributed by atoms with Crippen LogP contribution < -0.4 is 4.74 Å². The van der Waals surface area contributed by atoms with E-state index >= 15 is 0 Å². The van der Waals surface area contributed by atoms with Crippen molar-refractivity contribution >= 4 is 5.78 Å². The van der Waals surface area contributed by atoms with E-state index in [0.29, 0.717) is 0 Å². The second-order valence-corrected chi connectivity index (χ2v) is 3.82. The molecule has 0 radical (unpaired) electrons. The molecule has 0 amide bonds. The minimum atomic E-state index is -4.51. The summed E-state index contributed by atoms with van der Waals surface area (Å²) in [5.41, 5.74) is -1.15. The molecule has 1 aromatic carbocycles. The van der Waals surface area contributed by atoms with Crippen LogP contribution in [0.5, 0.6) is 5.88 Å². The number of benzene rings is 1. The summed E-state index contributed by atoms with van der Waals surface area (Å²) in [4.78, 5) is 19.7. The fraction of sp³-hybridized carbons (Fsp3) is 0.154. The van der Waals surface area contributed by atoms with Crippen LogP contribution in [0.4, 0.5) is 13.2 Å². The van der Waals surface area contributed by atoms with Crippen molar-refractivity contribution in [2.24, 2.45) is 0 Å². The maximum absolute atomic E-state index is 12.6. The average Bonchev–Trinajstić information content (AvgIpc) is 2.45. The first-order valence-electron chi connectivity index (χ1n) is 5.50. The Bertz CT molecular complexity index is 642. The van der Waals surface area contributed by atoms with E-state index < -0.39 is 17.5 Å². The van der Waals surface area contributed by atoms with Crippen molar-refractivity contribution in [3.63, 3.8) is 0 Å². The molecule has 104 valence electrons. The number of rotatable bonds is 3. The van der Waals surface area contributed by atoms with Crippen molar-refractivity contribution in [3.8, 4) is 5.88 Å². The number of hydrogen-bond donors (Lipinski definition) is 0. The Morgan fingerprint density at radius 1 is 1.20 bits per heavy atom. The van der Waals surface area contributed by atoms with Crippen LogP contribution in [-0.2, 0) is 6.18 Å². The van der Waals surface area contributed by atoms with E-state index in [4.69, 9.17) is 4.74 Å². The first kappa shape index (κ1) is 14.0.